The summed E-state index contributed by atoms with van der Waals surface area (Å²) in [6, 6.07) is 3.66. The van der Waals surface area contributed by atoms with Gasteiger partial charge in [-0.2, -0.15) is 0 Å². The molecule has 216 valence electrons. The van der Waals surface area contributed by atoms with Crippen molar-refractivity contribution in [1.29, 1.82) is 0 Å². The molecule has 15 heteroatoms. The maximum atomic E-state index is 12.9. The van der Waals surface area contributed by atoms with E-state index >= 15 is 0 Å². The van der Waals surface area contributed by atoms with Crippen molar-refractivity contribution in [3.63, 3.8) is 0 Å². The highest BCUT2D eigenvalue weighted by atomic mass is 35.5. The van der Waals surface area contributed by atoms with Crippen LogP contribution in [-0.4, -0.2) is 107 Å². The number of nitrogens with two attached hydrogens (primary N) is 1. The molecule has 1 aromatic heterocycles. The molecule has 4 aliphatic heterocycles. The van der Waals surface area contributed by atoms with Gasteiger partial charge in [-0.3, -0.25) is 24.9 Å². The Morgan fingerprint density at radius 1 is 1.23 bits per heavy atom. The van der Waals surface area contributed by atoms with E-state index in [9.17, 15) is 9.90 Å². The average molecular weight is 595 g/mol. The molecule has 4 N–H and O–H groups in total. The van der Waals surface area contributed by atoms with Crippen molar-refractivity contribution >= 4 is 54.2 Å². The van der Waals surface area contributed by atoms with Crippen LogP contribution < -0.4 is 20.5 Å². The van der Waals surface area contributed by atoms with Crippen molar-refractivity contribution in [1.82, 2.24) is 25.1 Å². The van der Waals surface area contributed by atoms with Gasteiger partial charge in [-0.15, -0.1) is 24.8 Å². The number of amidine groups is 1. The maximum absolute atomic E-state index is 12.9. The summed E-state index contributed by atoms with van der Waals surface area (Å²) in [5.41, 5.74) is 7.04. The Labute approximate surface area is 243 Å². The van der Waals surface area contributed by atoms with Gasteiger partial charge in [-0.25, -0.2) is 15.0 Å². The molecule has 2 fully saturated rings. The molecule has 0 radical (unpaired) electrons. The first-order chi connectivity index (χ1) is 18.5. The Hall–Kier alpha value is -3.23. The van der Waals surface area contributed by atoms with Gasteiger partial charge in [0.05, 0.1) is 31.4 Å². The highest BCUT2D eigenvalue weighted by Gasteiger charge is 2.35. The van der Waals surface area contributed by atoms with Crippen LogP contribution in [0.1, 0.15) is 28.8 Å². The van der Waals surface area contributed by atoms with Gasteiger partial charge in [0.15, 0.2) is 11.5 Å². The number of nitrogens with zero attached hydrogens (tertiary/aromatic N) is 6. The van der Waals surface area contributed by atoms with Gasteiger partial charge >= 0.3 is 0 Å². The number of aliphatic imine (C=N–C) groups is 2. The first-order valence-corrected chi connectivity index (χ1v) is 12.7. The van der Waals surface area contributed by atoms with E-state index in [2.05, 4.69) is 25.2 Å². The number of rotatable bonds is 7. The molecule has 40 heavy (non-hydrogen) atoms. The number of amides is 1. The van der Waals surface area contributed by atoms with Crippen LogP contribution in [0.25, 0.3) is 0 Å². The number of carbonyl (C=O) groups is 1. The second-order valence-electron chi connectivity index (χ2n) is 9.71. The van der Waals surface area contributed by atoms with E-state index in [0.717, 1.165) is 31.5 Å². The monoisotopic (exact) mass is 594 g/mol. The summed E-state index contributed by atoms with van der Waals surface area (Å²) in [6.07, 6.45) is 4.73. The number of anilines is 1. The highest BCUT2D eigenvalue weighted by molar-refractivity contribution is 6.20. The predicted octanol–water partition coefficient (Wildman–Crippen LogP) is 1.01. The topological polar surface area (TPSA) is 160 Å². The van der Waals surface area contributed by atoms with Crippen LogP contribution >= 0.6 is 24.8 Å². The molecular formula is C25H32Cl2N8O5. The number of hydrogen-bond donors (Lipinski definition) is 3. The van der Waals surface area contributed by atoms with Crippen LogP contribution in [0, 0.1) is 0 Å². The summed E-state index contributed by atoms with van der Waals surface area (Å²) in [5.74, 6) is 1.50. The van der Waals surface area contributed by atoms with Crippen LogP contribution in [0.4, 0.5) is 11.6 Å². The minimum atomic E-state index is -0.677. The van der Waals surface area contributed by atoms with Gasteiger partial charge in [0.1, 0.15) is 24.2 Å². The van der Waals surface area contributed by atoms with Gasteiger partial charge in [-0.1, -0.05) is 0 Å². The lowest BCUT2D eigenvalue weighted by Gasteiger charge is -2.33. The predicted molar refractivity (Wildman–Crippen MR) is 152 cm³/mol. The van der Waals surface area contributed by atoms with E-state index in [-0.39, 0.29) is 55.1 Å². The Kier molecular flexibility index (Phi) is 9.31. The number of aliphatic hydroxyl groups excluding tert-OH is 1. The van der Waals surface area contributed by atoms with E-state index in [0.29, 0.717) is 48.6 Å². The lowest BCUT2D eigenvalue weighted by Crippen LogP contribution is -2.47. The molecule has 1 aromatic carbocycles. The minimum Gasteiger partial charge on any atom is -0.491 e. The van der Waals surface area contributed by atoms with E-state index in [1.165, 1.54) is 19.5 Å². The third-order valence-electron chi connectivity index (χ3n) is 7.03. The molecule has 2 bridgehead atoms. The standard InChI is InChI=1S/C25H30N8O5.2ClH/c1-36-21-19(37-13-15(34)10-32-11-16-2-3-17(12-32)38-16)5-4-18-20(21)30-25(33-7-6-27-22(18)33)31-23(35)14-8-28-24(26)29-9-14;;/h4-5,8-9,15-17,34H,2-3,6-7,10-13H2,1H3,(H2,26,28,29)(H,30,31,35);2*1H/t15-,16?,17?;;/m1../s1. The van der Waals surface area contributed by atoms with Crippen molar-refractivity contribution in [3.8, 4) is 11.5 Å². The summed E-state index contributed by atoms with van der Waals surface area (Å²) in [4.78, 5) is 34.0. The largest absolute Gasteiger partial charge is 0.491 e. The number of carbonyl (C=O) groups excluding carboxylic acids is 1. The van der Waals surface area contributed by atoms with E-state index < -0.39 is 12.0 Å². The maximum Gasteiger partial charge on any atom is 0.261 e. The first-order valence-electron chi connectivity index (χ1n) is 12.7. The third-order valence-corrected chi connectivity index (χ3v) is 7.03. The fourth-order valence-electron chi connectivity index (χ4n) is 5.31. The van der Waals surface area contributed by atoms with Crippen molar-refractivity contribution in [2.75, 3.05) is 52.2 Å². The summed E-state index contributed by atoms with van der Waals surface area (Å²) in [7, 11) is 1.53. The first kappa shape index (κ1) is 29.7. The van der Waals surface area contributed by atoms with E-state index in [1.807, 2.05) is 11.0 Å². The molecule has 2 saturated heterocycles. The zero-order valence-electron chi connectivity index (χ0n) is 21.9. The molecular weight excluding hydrogens is 563 g/mol. The quantitative estimate of drug-likeness (QED) is 0.422. The Morgan fingerprint density at radius 2 is 1.95 bits per heavy atom. The van der Waals surface area contributed by atoms with Crippen molar-refractivity contribution in [2.45, 2.75) is 31.2 Å². The SMILES string of the molecule is COc1c(OC[C@H](O)CN2CC3CCC(C2)O3)ccc2c1N=C(NC(=O)c1cnc(N)nc1)N1CCN=C21.Cl.Cl. The summed E-state index contributed by atoms with van der Waals surface area (Å²) in [5, 5.41) is 13.5. The Morgan fingerprint density at radius 3 is 2.65 bits per heavy atom. The molecule has 0 spiro atoms. The molecule has 0 aliphatic carbocycles. The molecule has 0 saturated carbocycles. The number of nitrogens with one attached hydrogen (secondary N) is 1. The lowest BCUT2D eigenvalue weighted by atomic mass is 10.1. The van der Waals surface area contributed by atoms with Crippen molar-refractivity contribution < 1.29 is 24.1 Å². The summed E-state index contributed by atoms with van der Waals surface area (Å²) < 4.78 is 17.6. The second kappa shape index (κ2) is 12.5. The zero-order valence-corrected chi connectivity index (χ0v) is 23.5. The summed E-state index contributed by atoms with van der Waals surface area (Å²) in [6.45, 7) is 3.41. The number of nitrogen functional groups attached to an aromatic ring is 1. The molecule has 6 rings (SSSR count). The fraction of sp³-hybridized carbons (Fsp3) is 0.480. The molecule has 2 aromatic rings. The number of aromatic nitrogens is 2. The highest BCUT2D eigenvalue weighted by Crippen LogP contribution is 2.43. The number of ether oxygens (including phenoxy) is 3. The molecule has 4 aliphatic rings. The van der Waals surface area contributed by atoms with Crippen LogP contribution in [0.15, 0.2) is 34.5 Å². The number of halogens is 2. The van der Waals surface area contributed by atoms with Gasteiger partial charge < -0.3 is 25.1 Å². The number of fused-ring (bicyclic) bond motifs is 5. The molecule has 3 atom stereocenters. The van der Waals surface area contributed by atoms with Gasteiger partial charge in [0, 0.05) is 44.1 Å². The minimum absolute atomic E-state index is 0. The number of benzene rings is 1. The number of likely N-dealkylation sites (tertiary alicyclic amines) is 1. The van der Waals surface area contributed by atoms with E-state index in [4.69, 9.17) is 24.9 Å². The summed E-state index contributed by atoms with van der Waals surface area (Å²) >= 11 is 0. The number of hydrogen-bond acceptors (Lipinski definition) is 12. The second-order valence-corrected chi connectivity index (χ2v) is 9.71. The van der Waals surface area contributed by atoms with Crippen molar-refractivity contribution in [2.24, 2.45) is 9.98 Å². The lowest BCUT2D eigenvalue weighted by molar-refractivity contribution is -0.0529. The van der Waals surface area contributed by atoms with Crippen molar-refractivity contribution in [3.05, 3.63) is 35.7 Å². The smallest absolute Gasteiger partial charge is 0.261 e. The third kappa shape index (κ3) is 5.93. The average Bonchev–Trinajstić information content (AvgIpc) is 3.54. The van der Waals surface area contributed by atoms with Crippen LogP contribution in [0.5, 0.6) is 11.5 Å². The van der Waals surface area contributed by atoms with Crippen LogP contribution in [-0.2, 0) is 4.74 Å². The normalized spacial score (nSPS) is 21.6. The number of methoxy groups -OCH3 is 1. The molecule has 1 amide bonds. The molecule has 5 heterocycles. The van der Waals surface area contributed by atoms with Crippen LogP contribution in [0.3, 0.4) is 0 Å². The Bertz CT molecular complexity index is 1280. The van der Waals surface area contributed by atoms with Gasteiger partial charge in [0.2, 0.25) is 11.9 Å². The number of morpholine rings is 1. The number of guanidine groups is 1. The van der Waals surface area contributed by atoms with E-state index in [1.54, 1.807) is 6.07 Å². The molecule has 13 nitrogen and oxygen atoms in total. The Balaban J connectivity index is 0.00000185. The van der Waals surface area contributed by atoms with Crippen LogP contribution in [0.2, 0.25) is 0 Å². The zero-order chi connectivity index (χ0) is 26.2. The molecule has 2 unspecified atom stereocenters. The fourth-order valence-corrected chi connectivity index (χ4v) is 5.31. The number of β-amino-alcohol motifs (C(OH)–C–C–N with tert-alkyl or cyclic N) is 1. The van der Waals surface area contributed by atoms with Gasteiger partial charge in [-0.05, 0) is 25.0 Å². The number of aliphatic hydroxyl groups is 1. The van der Waals surface area contributed by atoms with Gasteiger partial charge in [0.25, 0.3) is 5.91 Å².